The Bertz CT molecular complexity index is 633. The van der Waals surface area contributed by atoms with Gasteiger partial charge in [0.2, 0.25) is 5.71 Å². The molecule has 0 radical (unpaired) electrons. The fourth-order valence-electron chi connectivity index (χ4n) is 1.82. The number of hydrogen-bond donors (Lipinski definition) is 0. The Morgan fingerprint density at radius 1 is 0.938 bits per heavy atom. The smallest absolute Gasteiger partial charge is 0.230 e. The lowest BCUT2D eigenvalue weighted by Gasteiger charge is -2.08. The van der Waals surface area contributed by atoms with Gasteiger partial charge in [-0.15, -0.1) is 0 Å². The summed E-state index contributed by atoms with van der Waals surface area (Å²) in [7, 11) is 0. The zero-order valence-electron chi connectivity index (χ0n) is 10.3. The third-order valence-corrected chi connectivity index (χ3v) is 3.31. The van der Waals surface area contributed by atoms with E-state index in [1.165, 1.54) is 0 Å². The van der Waals surface area contributed by atoms with Crippen LogP contribution < -0.4 is 5.43 Å². The topological polar surface area (TPSA) is 43.1 Å². The van der Waals surface area contributed by atoms with Crippen LogP contribution in [0.5, 0.6) is 0 Å². The minimum Gasteiger partial charge on any atom is -0.443 e. The van der Waals surface area contributed by atoms with Gasteiger partial charge in [0.1, 0.15) is 5.76 Å². The maximum Gasteiger partial charge on any atom is 0.230 e. The lowest BCUT2D eigenvalue weighted by Crippen LogP contribution is -2.11. The fraction of sp³-hybridized carbons (Fsp3) is 0.385. The number of hydrogen-bond acceptors (Lipinski definition) is 3. The number of aryl methyl sites for hydroxylation is 3. The molecule has 0 aromatic carbocycles. The fourth-order valence-corrected chi connectivity index (χ4v) is 1.82. The maximum atomic E-state index is 12.1. The van der Waals surface area contributed by atoms with E-state index >= 15 is 0 Å². The molecule has 2 rings (SSSR count). The van der Waals surface area contributed by atoms with Gasteiger partial charge in [0.05, 0.1) is 5.39 Å². The van der Waals surface area contributed by atoms with Crippen LogP contribution in [-0.4, -0.2) is 4.98 Å². The van der Waals surface area contributed by atoms with Crippen molar-refractivity contribution in [3.63, 3.8) is 0 Å². The van der Waals surface area contributed by atoms with Crippen LogP contribution in [0.25, 0.3) is 11.1 Å². The highest BCUT2D eigenvalue weighted by Gasteiger charge is 2.13. The second kappa shape index (κ2) is 3.44. The molecular weight excluding hydrogens is 202 g/mol. The molecule has 0 aliphatic rings. The van der Waals surface area contributed by atoms with Crippen molar-refractivity contribution in [2.75, 3.05) is 0 Å². The van der Waals surface area contributed by atoms with E-state index in [-0.39, 0.29) is 5.43 Å². The highest BCUT2D eigenvalue weighted by Crippen LogP contribution is 2.21. The zero-order valence-corrected chi connectivity index (χ0v) is 10.3. The van der Waals surface area contributed by atoms with E-state index in [9.17, 15) is 4.79 Å². The van der Waals surface area contributed by atoms with Gasteiger partial charge in [-0.05, 0) is 45.7 Å². The Morgan fingerprint density at radius 2 is 1.56 bits per heavy atom. The summed E-state index contributed by atoms with van der Waals surface area (Å²) in [6, 6.07) is 0. The van der Waals surface area contributed by atoms with Crippen LogP contribution in [-0.2, 0) is 0 Å². The molecular formula is C13H15NO2. The molecule has 0 spiro atoms. The highest BCUT2D eigenvalue weighted by molar-refractivity contribution is 5.79. The molecule has 0 atom stereocenters. The first-order chi connectivity index (χ1) is 7.43. The zero-order chi connectivity index (χ0) is 12.0. The SMILES string of the molecule is Cc1nc2oc(C)c(C)c(=O)c2c(C)c1C. The van der Waals surface area contributed by atoms with Crippen LogP contribution in [0.4, 0.5) is 0 Å². The van der Waals surface area contributed by atoms with Crippen LogP contribution in [0, 0.1) is 34.6 Å². The van der Waals surface area contributed by atoms with Gasteiger partial charge in [-0.1, -0.05) is 0 Å². The molecule has 0 aliphatic carbocycles. The third kappa shape index (κ3) is 1.35. The van der Waals surface area contributed by atoms with Crippen molar-refractivity contribution < 1.29 is 4.42 Å². The standard InChI is InChI=1S/C13H15NO2/c1-6-7(2)11-12(15)8(3)10(5)16-13(11)14-9(6)4/h1-5H3. The minimum absolute atomic E-state index is 0.0341. The van der Waals surface area contributed by atoms with Crippen molar-refractivity contribution in [1.29, 1.82) is 0 Å². The van der Waals surface area contributed by atoms with Gasteiger partial charge >= 0.3 is 0 Å². The molecule has 16 heavy (non-hydrogen) atoms. The summed E-state index contributed by atoms with van der Waals surface area (Å²) in [5, 5.41) is 0.617. The van der Waals surface area contributed by atoms with Crippen molar-refractivity contribution in [2.45, 2.75) is 34.6 Å². The van der Waals surface area contributed by atoms with E-state index < -0.39 is 0 Å². The van der Waals surface area contributed by atoms with Gasteiger partial charge in [-0.2, -0.15) is 0 Å². The summed E-state index contributed by atoms with van der Waals surface area (Å²) in [5.74, 6) is 0.646. The van der Waals surface area contributed by atoms with E-state index in [1.807, 2.05) is 20.8 Å². The lowest BCUT2D eigenvalue weighted by molar-refractivity contribution is 0.546. The van der Waals surface area contributed by atoms with Gasteiger partial charge in [0.15, 0.2) is 5.43 Å². The summed E-state index contributed by atoms with van der Waals surface area (Å²) in [5.41, 5.74) is 4.10. The molecule has 0 fully saturated rings. The Kier molecular flexibility index (Phi) is 2.34. The first-order valence-electron chi connectivity index (χ1n) is 5.31. The van der Waals surface area contributed by atoms with Gasteiger partial charge in [0.25, 0.3) is 0 Å². The molecule has 0 saturated carbocycles. The Hall–Kier alpha value is -1.64. The Morgan fingerprint density at radius 3 is 2.19 bits per heavy atom. The largest absolute Gasteiger partial charge is 0.443 e. The molecule has 0 aliphatic heterocycles. The van der Waals surface area contributed by atoms with E-state index in [4.69, 9.17) is 4.42 Å². The van der Waals surface area contributed by atoms with Crippen LogP contribution in [0.3, 0.4) is 0 Å². The van der Waals surface area contributed by atoms with Crippen LogP contribution in [0.2, 0.25) is 0 Å². The van der Waals surface area contributed by atoms with Crippen LogP contribution in [0.1, 0.15) is 28.1 Å². The normalized spacial score (nSPS) is 11.1. The van der Waals surface area contributed by atoms with Gasteiger partial charge < -0.3 is 4.42 Å². The molecule has 2 aromatic heterocycles. The number of aromatic nitrogens is 1. The maximum absolute atomic E-state index is 12.1. The molecule has 2 heterocycles. The summed E-state index contributed by atoms with van der Waals surface area (Å²) in [4.78, 5) is 16.5. The van der Waals surface area contributed by atoms with Crippen LogP contribution >= 0.6 is 0 Å². The summed E-state index contributed by atoms with van der Waals surface area (Å²) >= 11 is 0. The van der Waals surface area contributed by atoms with E-state index in [2.05, 4.69) is 4.98 Å². The Balaban J connectivity index is 3.10. The number of fused-ring (bicyclic) bond motifs is 1. The predicted octanol–water partition coefficient (Wildman–Crippen LogP) is 2.73. The first-order valence-corrected chi connectivity index (χ1v) is 5.31. The molecule has 84 valence electrons. The molecule has 0 bridgehead atoms. The van der Waals surface area contributed by atoms with Gasteiger partial charge in [-0.3, -0.25) is 4.79 Å². The summed E-state index contributed by atoms with van der Waals surface area (Å²) in [6.07, 6.45) is 0. The average Bonchev–Trinajstić information content (AvgIpc) is 2.23. The van der Waals surface area contributed by atoms with Crippen molar-refractivity contribution >= 4 is 11.1 Å². The van der Waals surface area contributed by atoms with Crippen molar-refractivity contribution in [3.05, 3.63) is 38.4 Å². The highest BCUT2D eigenvalue weighted by atomic mass is 16.3. The van der Waals surface area contributed by atoms with E-state index in [1.54, 1.807) is 13.8 Å². The molecule has 0 amide bonds. The second-order valence-corrected chi connectivity index (χ2v) is 4.24. The number of pyridine rings is 1. The molecule has 0 unspecified atom stereocenters. The second-order valence-electron chi connectivity index (χ2n) is 4.24. The quantitative estimate of drug-likeness (QED) is 0.681. The Labute approximate surface area is 94.1 Å². The van der Waals surface area contributed by atoms with Crippen molar-refractivity contribution in [1.82, 2.24) is 4.98 Å². The minimum atomic E-state index is 0.0341. The number of rotatable bonds is 0. The summed E-state index contributed by atoms with van der Waals surface area (Å²) in [6.45, 7) is 9.43. The van der Waals surface area contributed by atoms with E-state index in [0.29, 0.717) is 22.4 Å². The van der Waals surface area contributed by atoms with E-state index in [0.717, 1.165) is 16.8 Å². The molecule has 2 aromatic rings. The van der Waals surface area contributed by atoms with Gasteiger partial charge in [-0.25, -0.2) is 4.98 Å². The molecule has 3 heteroatoms. The number of nitrogens with zero attached hydrogens (tertiary/aromatic N) is 1. The lowest BCUT2D eigenvalue weighted by atomic mass is 10.0. The van der Waals surface area contributed by atoms with Crippen molar-refractivity contribution in [2.24, 2.45) is 0 Å². The predicted molar refractivity (Wildman–Crippen MR) is 64.0 cm³/mol. The monoisotopic (exact) mass is 217 g/mol. The van der Waals surface area contributed by atoms with Crippen LogP contribution in [0.15, 0.2) is 9.21 Å². The molecule has 0 saturated heterocycles. The first kappa shape index (κ1) is 10.9. The summed E-state index contributed by atoms with van der Waals surface area (Å²) < 4.78 is 5.58. The molecule has 3 nitrogen and oxygen atoms in total. The molecule has 0 N–H and O–H groups in total. The van der Waals surface area contributed by atoms with Crippen molar-refractivity contribution in [3.8, 4) is 0 Å². The average molecular weight is 217 g/mol. The van der Waals surface area contributed by atoms with Gasteiger partial charge in [0, 0.05) is 11.3 Å². The third-order valence-electron chi connectivity index (χ3n) is 3.31.